The molecule has 0 radical (unpaired) electrons. The number of halogens is 2. The van der Waals surface area contributed by atoms with Crippen LogP contribution >= 0.6 is 27.5 Å². The van der Waals surface area contributed by atoms with E-state index in [0.717, 1.165) is 4.47 Å². The molecule has 0 saturated carbocycles. The van der Waals surface area contributed by atoms with E-state index in [1.54, 1.807) is 38.1 Å². The molecule has 0 saturated heterocycles. The maximum absolute atomic E-state index is 12.1. The highest BCUT2D eigenvalue weighted by molar-refractivity contribution is 9.10. The van der Waals surface area contributed by atoms with Gasteiger partial charge in [0.25, 0.3) is 5.91 Å². The highest BCUT2D eigenvalue weighted by Crippen LogP contribution is 2.25. The molecule has 4 nitrogen and oxygen atoms in total. The number of rotatable bonds is 2. The normalized spacial score (nSPS) is 10.3. The number of anilines is 1. The van der Waals surface area contributed by atoms with E-state index < -0.39 is 0 Å². The van der Waals surface area contributed by atoms with Gasteiger partial charge in [0.2, 0.25) is 0 Å². The number of benzene rings is 1. The first kappa shape index (κ1) is 14.0. The van der Waals surface area contributed by atoms with Gasteiger partial charge >= 0.3 is 0 Å². The van der Waals surface area contributed by atoms with Gasteiger partial charge in [0.05, 0.1) is 22.0 Å². The molecule has 0 bridgehead atoms. The van der Waals surface area contributed by atoms with Crippen LogP contribution in [0.5, 0.6) is 0 Å². The first-order valence-corrected chi connectivity index (χ1v) is 6.72. The lowest BCUT2D eigenvalue weighted by Gasteiger charge is -2.08. The summed E-state index contributed by atoms with van der Waals surface area (Å²) in [6.45, 7) is 3.54. The molecule has 1 amide bonds. The number of aryl methyl sites for hydroxylation is 2. The molecule has 0 fully saturated rings. The van der Waals surface area contributed by atoms with Crippen molar-refractivity contribution in [3.8, 4) is 0 Å². The minimum Gasteiger partial charge on any atom is -0.322 e. The van der Waals surface area contributed by atoms with Gasteiger partial charge in [-0.1, -0.05) is 11.6 Å². The van der Waals surface area contributed by atoms with Crippen LogP contribution < -0.4 is 5.32 Å². The van der Waals surface area contributed by atoms with Crippen LogP contribution in [0.2, 0.25) is 5.02 Å². The molecule has 19 heavy (non-hydrogen) atoms. The van der Waals surface area contributed by atoms with Crippen molar-refractivity contribution in [3.05, 3.63) is 50.7 Å². The Hall–Kier alpha value is -1.46. The Morgan fingerprint density at radius 2 is 2.00 bits per heavy atom. The Kier molecular flexibility index (Phi) is 4.17. The summed E-state index contributed by atoms with van der Waals surface area (Å²) in [7, 11) is 0. The minimum absolute atomic E-state index is 0.228. The van der Waals surface area contributed by atoms with E-state index in [2.05, 4.69) is 31.4 Å². The topological polar surface area (TPSA) is 54.9 Å². The highest BCUT2D eigenvalue weighted by Gasteiger charge is 2.11. The van der Waals surface area contributed by atoms with Crippen LogP contribution in [0.25, 0.3) is 0 Å². The first-order valence-electron chi connectivity index (χ1n) is 5.54. The first-order chi connectivity index (χ1) is 8.97. The van der Waals surface area contributed by atoms with Gasteiger partial charge in [-0.25, -0.2) is 0 Å². The maximum atomic E-state index is 12.1. The zero-order valence-electron chi connectivity index (χ0n) is 10.4. The van der Waals surface area contributed by atoms with E-state index in [1.807, 2.05) is 0 Å². The molecule has 0 spiro atoms. The van der Waals surface area contributed by atoms with Crippen LogP contribution in [0.15, 0.2) is 28.7 Å². The Morgan fingerprint density at radius 1 is 1.26 bits per heavy atom. The van der Waals surface area contributed by atoms with Crippen molar-refractivity contribution in [2.75, 3.05) is 5.32 Å². The third kappa shape index (κ3) is 3.30. The molecule has 0 unspecified atom stereocenters. The predicted molar refractivity (Wildman–Crippen MR) is 78.6 cm³/mol. The van der Waals surface area contributed by atoms with Crippen LogP contribution in [0, 0.1) is 13.8 Å². The van der Waals surface area contributed by atoms with Crippen molar-refractivity contribution in [3.63, 3.8) is 0 Å². The summed E-state index contributed by atoms with van der Waals surface area (Å²) < 4.78 is 0.782. The van der Waals surface area contributed by atoms with Gasteiger partial charge in [0.1, 0.15) is 0 Å². The second-order valence-corrected chi connectivity index (χ2v) is 5.33. The molecule has 2 aromatic rings. The lowest BCUT2D eigenvalue weighted by atomic mass is 10.2. The SMILES string of the molecule is Cc1cc(C(=O)Nc2ccc(Br)c(Cl)c2)c(C)nn1. The molecule has 0 aliphatic heterocycles. The van der Waals surface area contributed by atoms with E-state index in [4.69, 9.17) is 11.6 Å². The number of aromatic nitrogens is 2. The number of hydrogen-bond donors (Lipinski definition) is 1. The Balaban J connectivity index is 2.25. The third-order valence-electron chi connectivity index (χ3n) is 2.52. The molecular weight excluding hydrogens is 330 g/mol. The summed E-state index contributed by atoms with van der Waals surface area (Å²) in [5.74, 6) is -0.228. The van der Waals surface area contributed by atoms with E-state index in [-0.39, 0.29) is 5.91 Å². The fourth-order valence-electron chi connectivity index (χ4n) is 1.55. The largest absolute Gasteiger partial charge is 0.322 e. The number of hydrogen-bond acceptors (Lipinski definition) is 3. The van der Waals surface area contributed by atoms with Gasteiger partial charge in [-0.2, -0.15) is 10.2 Å². The molecule has 2 rings (SSSR count). The molecule has 0 aliphatic rings. The summed E-state index contributed by atoms with van der Waals surface area (Å²) >= 11 is 9.28. The summed E-state index contributed by atoms with van der Waals surface area (Å²) in [6, 6.07) is 6.93. The van der Waals surface area contributed by atoms with Gasteiger partial charge in [-0.05, 0) is 54.0 Å². The molecule has 1 heterocycles. The minimum atomic E-state index is -0.228. The lowest BCUT2D eigenvalue weighted by molar-refractivity contribution is 0.102. The third-order valence-corrected chi connectivity index (χ3v) is 3.76. The van der Waals surface area contributed by atoms with Gasteiger partial charge in [-0.15, -0.1) is 0 Å². The van der Waals surface area contributed by atoms with Gasteiger partial charge in [0, 0.05) is 10.2 Å². The molecule has 1 N–H and O–H groups in total. The quantitative estimate of drug-likeness (QED) is 0.905. The number of amides is 1. The van der Waals surface area contributed by atoms with Crippen molar-refractivity contribution < 1.29 is 4.79 Å². The number of carbonyl (C=O) groups excluding carboxylic acids is 1. The smallest absolute Gasteiger partial charge is 0.257 e. The number of carbonyl (C=O) groups is 1. The van der Waals surface area contributed by atoms with Crippen molar-refractivity contribution >= 4 is 39.1 Å². The second-order valence-electron chi connectivity index (χ2n) is 4.07. The monoisotopic (exact) mass is 339 g/mol. The van der Waals surface area contributed by atoms with Gasteiger partial charge in [0.15, 0.2) is 0 Å². The fourth-order valence-corrected chi connectivity index (χ4v) is 1.98. The molecule has 98 valence electrons. The second kappa shape index (κ2) is 5.67. The van der Waals surface area contributed by atoms with Crippen LogP contribution in [0.3, 0.4) is 0 Å². The fraction of sp³-hybridized carbons (Fsp3) is 0.154. The molecule has 0 aliphatic carbocycles. The van der Waals surface area contributed by atoms with Crippen molar-refractivity contribution in [1.82, 2.24) is 10.2 Å². The summed E-state index contributed by atoms with van der Waals surface area (Å²) in [5.41, 5.74) is 2.43. The van der Waals surface area contributed by atoms with Crippen LogP contribution in [0.1, 0.15) is 21.7 Å². The average Bonchev–Trinajstić information content (AvgIpc) is 2.36. The molecular formula is C13H11BrClN3O. The van der Waals surface area contributed by atoms with E-state index in [9.17, 15) is 4.79 Å². The predicted octanol–water partition coefficient (Wildman–Crippen LogP) is 3.76. The molecule has 6 heteroatoms. The highest BCUT2D eigenvalue weighted by atomic mass is 79.9. The molecule has 1 aromatic carbocycles. The Morgan fingerprint density at radius 3 is 2.68 bits per heavy atom. The van der Waals surface area contributed by atoms with Crippen molar-refractivity contribution in [1.29, 1.82) is 0 Å². The summed E-state index contributed by atoms with van der Waals surface area (Å²) in [5, 5.41) is 11.1. The Bertz CT molecular complexity index is 646. The van der Waals surface area contributed by atoms with Gasteiger partial charge in [-0.3, -0.25) is 4.79 Å². The van der Waals surface area contributed by atoms with Crippen LogP contribution in [-0.4, -0.2) is 16.1 Å². The van der Waals surface area contributed by atoms with Crippen LogP contribution in [-0.2, 0) is 0 Å². The van der Waals surface area contributed by atoms with Crippen molar-refractivity contribution in [2.24, 2.45) is 0 Å². The van der Waals surface area contributed by atoms with Crippen molar-refractivity contribution in [2.45, 2.75) is 13.8 Å². The zero-order chi connectivity index (χ0) is 14.0. The zero-order valence-corrected chi connectivity index (χ0v) is 12.7. The average molecular weight is 341 g/mol. The van der Waals surface area contributed by atoms with Gasteiger partial charge < -0.3 is 5.32 Å². The summed E-state index contributed by atoms with van der Waals surface area (Å²) in [6.07, 6.45) is 0. The van der Waals surface area contributed by atoms with E-state index >= 15 is 0 Å². The maximum Gasteiger partial charge on any atom is 0.257 e. The number of nitrogens with one attached hydrogen (secondary N) is 1. The lowest BCUT2D eigenvalue weighted by Crippen LogP contribution is -2.15. The van der Waals surface area contributed by atoms with E-state index in [1.165, 1.54) is 0 Å². The number of nitrogens with zero attached hydrogens (tertiary/aromatic N) is 2. The standard InChI is InChI=1S/C13H11BrClN3O/c1-7-5-10(8(2)18-17-7)13(19)16-9-3-4-11(14)12(15)6-9/h3-6H,1-2H3,(H,16,19). The van der Waals surface area contributed by atoms with E-state index in [0.29, 0.717) is 27.7 Å². The Labute approximate surface area is 124 Å². The summed E-state index contributed by atoms with van der Waals surface area (Å²) in [4.78, 5) is 12.1. The molecule has 0 atom stereocenters. The molecule has 1 aromatic heterocycles. The van der Waals surface area contributed by atoms with Crippen LogP contribution in [0.4, 0.5) is 5.69 Å².